The van der Waals surface area contributed by atoms with Crippen molar-refractivity contribution in [3.05, 3.63) is 45.8 Å². The predicted molar refractivity (Wildman–Crippen MR) is 60.3 cm³/mol. The molecule has 0 fully saturated rings. The SMILES string of the molecule is COC(=O)c1ccc(C(CC(F)(F)F)N=[N+]=[N-])cc1. The molecule has 0 radical (unpaired) electrons. The fourth-order valence-corrected chi connectivity index (χ4v) is 1.47. The number of methoxy groups -OCH3 is 1. The van der Waals surface area contributed by atoms with Crippen LogP contribution >= 0.6 is 0 Å². The number of azide groups is 1. The minimum atomic E-state index is -4.44. The van der Waals surface area contributed by atoms with E-state index in [1.807, 2.05) is 0 Å². The van der Waals surface area contributed by atoms with Gasteiger partial charge in [-0.2, -0.15) is 13.2 Å². The molecule has 102 valence electrons. The fourth-order valence-electron chi connectivity index (χ4n) is 1.47. The number of carbonyl (C=O) groups excluding carboxylic acids is 1. The third-order valence-electron chi connectivity index (χ3n) is 2.33. The molecule has 0 bridgehead atoms. The lowest BCUT2D eigenvalue weighted by Gasteiger charge is -2.14. The first kappa shape index (κ1) is 14.8. The van der Waals surface area contributed by atoms with E-state index < -0.39 is 24.6 Å². The van der Waals surface area contributed by atoms with Crippen molar-refractivity contribution in [2.24, 2.45) is 5.11 Å². The van der Waals surface area contributed by atoms with Crippen molar-refractivity contribution in [2.45, 2.75) is 18.6 Å². The molecule has 0 aliphatic heterocycles. The summed E-state index contributed by atoms with van der Waals surface area (Å²) in [5, 5.41) is 3.12. The van der Waals surface area contributed by atoms with Crippen molar-refractivity contribution >= 4 is 5.97 Å². The number of carbonyl (C=O) groups is 1. The van der Waals surface area contributed by atoms with Crippen LogP contribution in [0.3, 0.4) is 0 Å². The van der Waals surface area contributed by atoms with Crippen LogP contribution in [-0.4, -0.2) is 19.3 Å². The first-order valence-electron chi connectivity index (χ1n) is 5.16. The second kappa shape index (κ2) is 6.10. The Hall–Kier alpha value is -2.21. The number of esters is 1. The van der Waals surface area contributed by atoms with E-state index >= 15 is 0 Å². The van der Waals surface area contributed by atoms with E-state index in [0.717, 1.165) is 0 Å². The Morgan fingerprint density at radius 2 is 2.00 bits per heavy atom. The highest BCUT2D eigenvalue weighted by Gasteiger charge is 2.32. The van der Waals surface area contributed by atoms with Crippen LogP contribution in [0.2, 0.25) is 0 Å². The van der Waals surface area contributed by atoms with E-state index in [0.29, 0.717) is 0 Å². The van der Waals surface area contributed by atoms with Crippen molar-refractivity contribution in [1.82, 2.24) is 0 Å². The van der Waals surface area contributed by atoms with Crippen molar-refractivity contribution in [3.8, 4) is 0 Å². The highest BCUT2D eigenvalue weighted by atomic mass is 19.4. The summed E-state index contributed by atoms with van der Waals surface area (Å²) < 4.78 is 41.4. The van der Waals surface area contributed by atoms with Crippen molar-refractivity contribution in [3.63, 3.8) is 0 Å². The van der Waals surface area contributed by atoms with Crippen LogP contribution in [0.4, 0.5) is 13.2 Å². The van der Waals surface area contributed by atoms with Gasteiger partial charge in [0.2, 0.25) is 0 Å². The highest BCUT2D eigenvalue weighted by molar-refractivity contribution is 5.89. The summed E-state index contributed by atoms with van der Waals surface area (Å²) in [6.07, 6.45) is -5.70. The zero-order valence-electron chi connectivity index (χ0n) is 9.89. The predicted octanol–water partition coefficient (Wildman–Crippen LogP) is 3.78. The number of ether oxygens (including phenoxy) is 1. The standard InChI is InChI=1S/C11H10F3N3O2/c1-19-10(18)8-4-2-7(3-5-8)9(16-17-15)6-11(12,13)14/h2-5,9H,6H2,1H3. The van der Waals surface area contributed by atoms with Crippen LogP contribution in [-0.2, 0) is 4.74 Å². The highest BCUT2D eigenvalue weighted by Crippen LogP contribution is 2.32. The average molecular weight is 273 g/mol. The van der Waals surface area contributed by atoms with E-state index in [1.54, 1.807) is 0 Å². The van der Waals surface area contributed by atoms with E-state index in [4.69, 9.17) is 5.53 Å². The van der Waals surface area contributed by atoms with E-state index in [1.165, 1.54) is 31.4 Å². The minimum Gasteiger partial charge on any atom is -0.465 e. The normalized spacial score (nSPS) is 12.4. The summed E-state index contributed by atoms with van der Waals surface area (Å²) in [6.45, 7) is 0. The maximum atomic E-state index is 12.3. The van der Waals surface area contributed by atoms with Gasteiger partial charge >= 0.3 is 12.1 Å². The maximum absolute atomic E-state index is 12.3. The Morgan fingerprint density at radius 3 is 2.42 bits per heavy atom. The molecular formula is C11H10F3N3O2. The summed E-state index contributed by atoms with van der Waals surface area (Å²) in [6, 6.07) is 3.89. The van der Waals surface area contributed by atoms with Crippen LogP contribution in [0.5, 0.6) is 0 Å². The summed E-state index contributed by atoms with van der Waals surface area (Å²) in [4.78, 5) is 13.6. The largest absolute Gasteiger partial charge is 0.465 e. The van der Waals surface area contributed by atoms with Gasteiger partial charge in [0.15, 0.2) is 0 Å². The topological polar surface area (TPSA) is 75.1 Å². The number of benzene rings is 1. The lowest BCUT2D eigenvalue weighted by atomic mass is 10.0. The molecular weight excluding hydrogens is 263 g/mol. The lowest BCUT2D eigenvalue weighted by Crippen LogP contribution is -2.12. The molecule has 0 heterocycles. The maximum Gasteiger partial charge on any atom is 0.389 e. The lowest BCUT2D eigenvalue weighted by molar-refractivity contribution is -0.138. The van der Waals surface area contributed by atoms with Crippen molar-refractivity contribution in [1.29, 1.82) is 0 Å². The molecule has 0 amide bonds. The fraction of sp³-hybridized carbons (Fsp3) is 0.364. The average Bonchev–Trinajstić information content (AvgIpc) is 2.36. The number of alkyl halides is 3. The molecule has 0 aliphatic carbocycles. The number of nitrogens with zero attached hydrogens (tertiary/aromatic N) is 3. The Labute approximate surface area is 106 Å². The molecule has 0 aliphatic rings. The smallest absolute Gasteiger partial charge is 0.389 e. The number of rotatable bonds is 4. The molecule has 0 saturated carbocycles. The van der Waals surface area contributed by atoms with E-state index in [9.17, 15) is 18.0 Å². The molecule has 0 N–H and O–H groups in total. The zero-order valence-corrected chi connectivity index (χ0v) is 9.89. The minimum absolute atomic E-state index is 0.183. The Bertz CT molecular complexity index is 493. The molecule has 1 aromatic rings. The first-order valence-corrected chi connectivity index (χ1v) is 5.16. The van der Waals surface area contributed by atoms with E-state index in [2.05, 4.69) is 14.8 Å². The van der Waals surface area contributed by atoms with Gasteiger partial charge in [-0.05, 0) is 23.2 Å². The van der Waals surface area contributed by atoms with Gasteiger partial charge in [-0.15, -0.1) is 0 Å². The molecule has 1 rings (SSSR count). The molecule has 0 aromatic heterocycles. The summed E-state index contributed by atoms with van der Waals surface area (Å²) in [7, 11) is 1.20. The van der Waals surface area contributed by atoms with Crippen LogP contribution < -0.4 is 0 Å². The summed E-state index contributed by atoms with van der Waals surface area (Å²) in [5.41, 5.74) is 8.68. The monoisotopic (exact) mass is 273 g/mol. The van der Waals surface area contributed by atoms with Crippen molar-refractivity contribution in [2.75, 3.05) is 7.11 Å². The van der Waals surface area contributed by atoms with Crippen LogP contribution in [0, 0.1) is 0 Å². The summed E-state index contributed by atoms with van der Waals surface area (Å²) in [5.74, 6) is -0.595. The zero-order chi connectivity index (χ0) is 14.5. The van der Waals surface area contributed by atoms with Crippen molar-refractivity contribution < 1.29 is 22.7 Å². The van der Waals surface area contributed by atoms with Gasteiger partial charge in [0.25, 0.3) is 0 Å². The van der Waals surface area contributed by atoms with Gasteiger partial charge in [-0.25, -0.2) is 4.79 Å². The number of hydrogen-bond donors (Lipinski definition) is 0. The van der Waals surface area contributed by atoms with Gasteiger partial charge < -0.3 is 4.74 Å². The van der Waals surface area contributed by atoms with Gasteiger partial charge in [0, 0.05) is 4.91 Å². The molecule has 1 atom stereocenters. The van der Waals surface area contributed by atoms with E-state index in [-0.39, 0.29) is 11.1 Å². The molecule has 1 aromatic carbocycles. The Balaban J connectivity index is 2.98. The van der Waals surface area contributed by atoms with Crippen LogP contribution in [0.15, 0.2) is 29.4 Å². The molecule has 0 saturated heterocycles. The molecule has 5 nitrogen and oxygen atoms in total. The molecule has 8 heteroatoms. The Morgan fingerprint density at radius 1 is 1.42 bits per heavy atom. The molecule has 19 heavy (non-hydrogen) atoms. The molecule has 1 unspecified atom stereocenters. The van der Waals surface area contributed by atoms with Gasteiger partial charge in [0.05, 0.1) is 25.1 Å². The van der Waals surface area contributed by atoms with Gasteiger partial charge in [-0.1, -0.05) is 17.2 Å². The van der Waals surface area contributed by atoms with Crippen LogP contribution in [0.25, 0.3) is 10.4 Å². The van der Waals surface area contributed by atoms with Gasteiger partial charge in [0.1, 0.15) is 0 Å². The van der Waals surface area contributed by atoms with Crippen LogP contribution in [0.1, 0.15) is 28.4 Å². The quantitative estimate of drug-likeness (QED) is 0.362. The summed E-state index contributed by atoms with van der Waals surface area (Å²) >= 11 is 0. The third kappa shape index (κ3) is 4.51. The second-order valence-corrected chi connectivity index (χ2v) is 3.65. The Kier molecular flexibility index (Phi) is 4.77. The third-order valence-corrected chi connectivity index (χ3v) is 2.33. The number of halogens is 3. The first-order chi connectivity index (χ1) is 8.87. The second-order valence-electron chi connectivity index (χ2n) is 3.65. The number of hydrogen-bond acceptors (Lipinski definition) is 3. The van der Waals surface area contributed by atoms with Gasteiger partial charge in [-0.3, -0.25) is 0 Å². The molecule has 0 spiro atoms.